The molecule has 1 heterocycles. The predicted octanol–water partition coefficient (Wildman–Crippen LogP) is 1.70. The molecular weight excluding hydrogens is 331 g/mol. The van der Waals surface area contributed by atoms with Crippen LogP contribution >= 0.6 is 11.8 Å². The van der Waals surface area contributed by atoms with E-state index in [1.165, 1.54) is 36.0 Å². The normalized spacial score (nSPS) is 18.4. The van der Waals surface area contributed by atoms with Gasteiger partial charge in [0.2, 0.25) is 0 Å². The fourth-order valence-electron chi connectivity index (χ4n) is 2.24. The van der Waals surface area contributed by atoms with Crippen LogP contribution in [0.15, 0.2) is 53.4 Å². The van der Waals surface area contributed by atoms with E-state index < -0.39 is 18.0 Å². The monoisotopic (exact) mass is 348 g/mol. The van der Waals surface area contributed by atoms with E-state index >= 15 is 0 Å². The average Bonchev–Trinajstić information content (AvgIpc) is 2.99. The Kier molecular flexibility index (Phi) is 5.00. The van der Waals surface area contributed by atoms with E-state index in [-0.39, 0.29) is 11.7 Å². The highest BCUT2D eigenvalue weighted by molar-refractivity contribution is 8.01. The Morgan fingerprint density at radius 1 is 1.21 bits per heavy atom. The maximum absolute atomic E-state index is 12.9. The number of nitrogens with one attached hydrogen (secondary N) is 2. The van der Waals surface area contributed by atoms with E-state index in [1.54, 1.807) is 0 Å². The molecule has 0 aromatic heterocycles. The standard InChI is InChI=1S/C16H17FN4O2S/c17-10-7-5-9(6-8-10)13(18)23-16(19)21-14(22)15-20-11-3-1-2-4-12(11)24-15/h1-8,13,15-16,20H,18-19H2,(H,21,22). The lowest BCUT2D eigenvalue weighted by atomic mass is 10.2. The van der Waals surface area contributed by atoms with Crippen LogP contribution in [0.4, 0.5) is 10.1 Å². The summed E-state index contributed by atoms with van der Waals surface area (Å²) < 4.78 is 18.2. The molecule has 1 aliphatic heterocycles. The van der Waals surface area contributed by atoms with Crippen LogP contribution in [0.25, 0.3) is 0 Å². The SMILES string of the molecule is NC(NC(=O)C1Nc2ccccc2S1)OC(N)c1ccc(F)cc1. The Hall–Kier alpha value is -2.13. The number of rotatable bonds is 5. The number of hydrogen-bond donors (Lipinski definition) is 4. The highest BCUT2D eigenvalue weighted by Gasteiger charge is 2.28. The van der Waals surface area contributed by atoms with Crippen molar-refractivity contribution in [1.82, 2.24) is 5.32 Å². The van der Waals surface area contributed by atoms with Crippen LogP contribution in [0.1, 0.15) is 11.8 Å². The summed E-state index contributed by atoms with van der Waals surface area (Å²) in [5.41, 5.74) is 13.1. The van der Waals surface area contributed by atoms with Gasteiger partial charge in [-0.1, -0.05) is 36.0 Å². The van der Waals surface area contributed by atoms with Crippen LogP contribution in [-0.2, 0) is 9.53 Å². The molecule has 1 amide bonds. The number of halogens is 1. The number of benzene rings is 2. The predicted molar refractivity (Wildman–Crippen MR) is 90.2 cm³/mol. The summed E-state index contributed by atoms with van der Waals surface area (Å²) in [6.45, 7) is 0. The zero-order valence-corrected chi connectivity index (χ0v) is 13.4. The fourth-order valence-corrected chi connectivity index (χ4v) is 3.27. The molecule has 0 saturated carbocycles. The van der Waals surface area contributed by atoms with Gasteiger partial charge in [0.1, 0.15) is 12.0 Å². The first-order chi connectivity index (χ1) is 11.5. The highest BCUT2D eigenvalue weighted by Crippen LogP contribution is 2.37. The molecule has 0 fully saturated rings. The summed E-state index contributed by atoms with van der Waals surface area (Å²) in [7, 11) is 0. The first-order valence-electron chi connectivity index (χ1n) is 7.27. The molecule has 126 valence electrons. The molecule has 3 atom stereocenters. The molecule has 0 radical (unpaired) electrons. The van der Waals surface area contributed by atoms with Crippen molar-refractivity contribution in [2.24, 2.45) is 11.5 Å². The van der Waals surface area contributed by atoms with E-state index in [1.807, 2.05) is 24.3 Å². The number of para-hydroxylation sites is 1. The molecule has 6 N–H and O–H groups in total. The van der Waals surface area contributed by atoms with Crippen molar-refractivity contribution in [3.8, 4) is 0 Å². The third-order valence-corrected chi connectivity index (χ3v) is 4.61. The molecule has 3 rings (SSSR count). The fraction of sp³-hybridized carbons (Fsp3) is 0.188. The molecule has 2 aromatic rings. The molecule has 24 heavy (non-hydrogen) atoms. The number of amides is 1. The zero-order chi connectivity index (χ0) is 17.1. The smallest absolute Gasteiger partial charge is 0.256 e. The Morgan fingerprint density at radius 2 is 1.92 bits per heavy atom. The van der Waals surface area contributed by atoms with Gasteiger partial charge < -0.3 is 21.1 Å². The maximum atomic E-state index is 12.9. The van der Waals surface area contributed by atoms with Crippen LogP contribution in [0.2, 0.25) is 0 Å². The van der Waals surface area contributed by atoms with Crippen LogP contribution in [-0.4, -0.2) is 17.6 Å². The van der Waals surface area contributed by atoms with Crippen molar-refractivity contribution >= 4 is 23.4 Å². The van der Waals surface area contributed by atoms with Crippen molar-refractivity contribution in [2.45, 2.75) is 22.8 Å². The summed E-state index contributed by atoms with van der Waals surface area (Å²) in [5, 5.41) is 5.16. The molecule has 2 aromatic carbocycles. The van der Waals surface area contributed by atoms with Gasteiger partial charge in [-0.2, -0.15) is 0 Å². The van der Waals surface area contributed by atoms with E-state index in [0.717, 1.165) is 10.6 Å². The van der Waals surface area contributed by atoms with Gasteiger partial charge in [-0.05, 0) is 29.8 Å². The zero-order valence-electron chi connectivity index (χ0n) is 12.6. The van der Waals surface area contributed by atoms with Crippen LogP contribution < -0.4 is 22.1 Å². The van der Waals surface area contributed by atoms with Gasteiger partial charge in [0.25, 0.3) is 5.91 Å². The molecular formula is C16H17FN4O2S. The van der Waals surface area contributed by atoms with Crippen LogP contribution in [0.5, 0.6) is 0 Å². The maximum Gasteiger partial charge on any atom is 0.256 e. The van der Waals surface area contributed by atoms with Gasteiger partial charge in [0, 0.05) is 10.6 Å². The number of ether oxygens (including phenoxy) is 1. The van der Waals surface area contributed by atoms with Crippen LogP contribution in [0, 0.1) is 5.82 Å². The van der Waals surface area contributed by atoms with Gasteiger partial charge >= 0.3 is 0 Å². The third-order valence-electron chi connectivity index (χ3n) is 3.43. The van der Waals surface area contributed by atoms with E-state index in [4.69, 9.17) is 16.2 Å². The van der Waals surface area contributed by atoms with Crippen molar-refractivity contribution in [2.75, 3.05) is 5.32 Å². The number of anilines is 1. The van der Waals surface area contributed by atoms with Gasteiger partial charge in [0.05, 0.1) is 0 Å². The minimum Gasteiger partial charge on any atom is -0.364 e. The topological polar surface area (TPSA) is 102 Å². The van der Waals surface area contributed by atoms with Crippen molar-refractivity contribution < 1.29 is 13.9 Å². The highest BCUT2D eigenvalue weighted by atomic mass is 32.2. The van der Waals surface area contributed by atoms with E-state index in [9.17, 15) is 9.18 Å². The summed E-state index contributed by atoms with van der Waals surface area (Å²) in [4.78, 5) is 13.2. The lowest BCUT2D eigenvalue weighted by Gasteiger charge is -2.21. The third kappa shape index (κ3) is 3.85. The molecule has 0 bridgehead atoms. The number of thioether (sulfide) groups is 1. The number of carbonyl (C=O) groups excluding carboxylic acids is 1. The Balaban J connectivity index is 1.52. The van der Waals surface area contributed by atoms with Crippen molar-refractivity contribution in [1.29, 1.82) is 0 Å². The Morgan fingerprint density at radius 3 is 2.62 bits per heavy atom. The Bertz CT molecular complexity index is 703. The van der Waals surface area contributed by atoms with E-state index in [0.29, 0.717) is 5.56 Å². The summed E-state index contributed by atoms with van der Waals surface area (Å²) in [6, 6.07) is 13.2. The molecule has 3 unspecified atom stereocenters. The second kappa shape index (κ2) is 7.18. The van der Waals surface area contributed by atoms with Crippen molar-refractivity contribution in [3.63, 3.8) is 0 Å². The van der Waals surface area contributed by atoms with Gasteiger partial charge in [-0.3, -0.25) is 10.5 Å². The van der Waals surface area contributed by atoms with Gasteiger partial charge in [-0.15, -0.1) is 0 Å². The van der Waals surface area contributed by atoms with E-state index in [2.05, 4.69) is 10.6 Å². The first kappa shape index (κ1) is 16.7. The van der Waals surface area contributed by atoms with Crippen LogP contribution in [0.3, 0.4) is 0 Å². The summed E-state index contributed by atoms with van der Waals surface area (Å²) in [5.74, 6) is -0.678. The lowest BCUT2D eigenvalue weighted by Crippen LogP contribution is -2.49. The second-order valence-electron chi connectivity index (χ2n) is 5.18. The first-order valence-corrected chi connectivity index (χ1v) is 8.15. The minimum atomic E-state index is -1.08. The quantitative estimate of drug-likeness (QED) is 0.614. The number of fused-ring (bicyclic) bond motifs is 1. The number of nitrogens with two attached hydrogens (primary N) is 2. The molecule has 6 nitrogen and oxygen atoms in total. The molecule has 0 saturated heterocycles. The summed E-state index contributed by atoms with van der Waals surface area (Å²) >= 11 is 1.40. The van der Waals surface area contributed by atoms with Gasteiger partial charge in [0.15, 0.2) is 11.7 Å². The number of hydrogen-bond acceptors (Lipinski definition) is 6. The van der Waals surface area contributed by atoms with Crippen molar-refractivity contribution in [3.05, 3.63) is 59.9 Å². The molecule has 0 spiro atoms. The minimum absolute atomic E-state index is 0.310. The Labute approximate surface area is 142 Å². The summed E-state index contributed by atoms with van der Waals surface area (Å²) in [6.07, 6.45) is -1.95. The van der Waals surface area contributed by atoms with Gasteiger partial charge in [-0.25, -0.2) is 4.39 Å². The number of carbonyl (C=O) groups is 1. The average molecular weight is 348 g/mol. The molecule has 0 aliphatic carbocycles. The lowest BCUT2D eigenvalue weighted by molar-refractivity contribution is -0.126. The molecule has 1 aliphatic rings. The molecule has 8 heteroatoms. The second-order valence-corrected chi connectivity index (χ2v) is 6.32. The largest absolute Gasteiger partial charge is 0.364 e.